The molecule has 0 radical (unpaired) electrons. The lowest BCUT2D eigenvalue weighted by atomic mass is 10.2. The quantitative estimate of drug-likeness (QED) is 0.470. The van der Waals surface area contributed by atoms with E-state index in [-0.39, 0.29) is 5.91 Å². The summed E-state index contributed by atoms with van der Waals surface area (Å²) in [4.78, 5) is 22.7. The molecule has 2 aromatic carbocycles. The van der Waals surface area contributed by atoms with E-state index in [2.05, 4.69) is 29.2 Å². The molecule has 2 aromatic rings. The van der Waals surface area contributed by atoms with Crippen molar-refractivity contribution >= 4 is 40.3 Å². The molecule has 0 unspecified atom stereocenters. The summed E-state index contributed by atoms with van der Waals surface area (Å²) in [5, 5.41) is 0.724. The summed E-state index contributed by atoms with van der Waals surface area (Å²) in [6.45, 7) is 3.47. The van der Waals surface area contributed by atoms with Crippen molar-refractivity contribution in [2.45, 2.75) is 19.3 Å². The van der Waals surface area contributed by atoms with Crippen molar-refractivity contribution in [2.75, 3.05) is 38.3 Å². The highest BCUT2D eigenvalue weighted by atomic mass is 32.2. The number of hydrogen-bond donors (Lipinski definition) is 0. The van der Waals surface area contributed by atoms with Crippen LogP contribution in [0.15, 0.2) is 64.5 Å². The maximum Gasteiger partial charge on any atom is 0.266 e. The van der Waals surface area contributed by atoms with Crippen molar-refractivity contribution in [3.63, 3.8) is 0 Å². The fourth-order valence-corrected chi connectivity index (χ4v) is 4.70. The van der Waals surface area contributed by atoms with E-state index in [1.807, 2.05) is 36.4 Å². The number of amidine groups is 1. The van der Waals surface area contributed by atoms with Crippen molar-refractivity contribution in [3.8, 4) is 0 Å². The lowest BCUT2D eigenvalue weighted by molar-refractivity contribution is -0.122. The van der Waals surface area contributed by atoms with Gasteiger partial charge in [0.15, 0.2) is 5.17 Å². The normalized spacial score (nSPS) is 19.4. The summed E-state index contributed by atoms with van der Waals surface area (Å²) in [6.07, 6.45) is 5.27. The first-order valence-corrected chi connectivity index (χ1v) is 11.3. The average Bonchev–Trinajstić information content (AvgIpc) is 3.40. The number of methoxy groups -OCH3 is 1. The number of para-hydroxylation sites is 1. The van der Waals surface area contributed by atoms with E-state index in [1.54, 1.807) is 12.0 Å². The molecule has 0 atom stereocenters. The highest BCUT2D eigenvalue weighted by Gasteiger charge is 2.33. The lowest BCUT2D eigenvalue weighted by Crippen LogP contribution is -2.30. The molecule has 2 aliphatic rings. The van der Waals surface area contributed by atoms with Gasteiger partial charge in [-0.1, -0.05) is 30.3 Å². The van der Waals surface area contributed by atoms with E-state index in [0.717, 1.165) is 35.9 Å². The minimum Gasteiger partial charge on any atom is -0.385 e. The molecule has 30 heavy (non-hydrogen) atoms. The summed E-state index contributed by atoms with van der Waals surface area (Å²) in [5.41, 5.74) is 3.14. The van der Waals surface area contributed by atoms with Gasteiger partial charge in [-0.2, -0.15) is 0 Å². The summed E-state index contributed by atoms with van der Waals surface area (Å²) >= 11 is 1.44. The monoisotopic (exact) mass is 421 g/mol. The van der Waals surface area contributed by atoms with Crippen LogP contribution >= 0.6 is 11.8 Å². The molecular weight excluding hydrogens is 394 g/mol. The van der Waals surface area contributed by atoms with Gasteiger partial charge in [0.05, 0.1) is 10.6 Å². The molecule has 0 aromatic heterocycles. The number of carbonyl (C=O) groups is 1. The number of ether oxygens (including phenoxy) is 1. The Bertz CT molecular complexity index is 919. The predicted octanol–water partition coefficient (Wildman–Crippen LogP) is 4.93. The Morgan fingerprint density at radius 1 is 1.07 bits per heavy atom. The number of rotatable bonds is 7. The number of nitrogens with zero attached hydrogens (tertiary/aromatic N) is 3. The molecule has 2 aliphatic heterocycles. The molecule has 2 saturated heterocycles. The van der Waals surface area contributed by atoms with Crippen LogP contribution in [-0.2, 0) is 9.53 Å². The molecule has 0 spiro atoms. The Balaban J connectivity index is 1.55. The number of benzene rings is 2. The second-order valence-corrected chi connectivity index (χ2v) is 8.44. The van der Waals surface area contributed by atoms with Gasteiger partial charge in [0.1, 0.15) is 0 Å². The maximum absolute atomic E-state index is 13.1. The van der Waals surface area contributed by atoms with Crippen LogP contribution in [0.2, 0.25) is 0 Å². The number of carbonyl (C=O) groups excluding carboxylic acids is 1. The molecular formula is C24H27N3O2S. The zero-order valence-corrected chi connectivity index (χ0v) is 18.1. The minimum atomic E-state index is 0.00871. The first-order valence-electron chi connectivity index (χ1n) is 10.4. The van der Waals surface area contributed by atoms with Gasteiger partial charge in [-0.05, 0) is 66.9 Å². The van der Waals surface area contributed by atoms with Crippen LogP contribution in [-0.4, -0.2) is 49.3 Å². The van der Waals surface area contributed by atoms with Crippen molar-refractivity contribution in [2.24, 2.45) is 4.99 Å². The van der Waals surface area contributed by atoms with E-state index in [9.17, 15) is 4.79 Å². The van der Waals surface area contributed by atoms with E-state index >= 15 is 0 Å². The zero-order valence-electron chi connectivity index (χ0n) is 17.3. The number of anilines is 1. The Morgan fingerprint density at radius 3 is 2.50 bits per heavy atom. The van der Waals surface area contributed by atoms with Gasteiger partial charge in [-0.15, -0.1) is 0 Å². The third-order valence-electron chi connectivity index (χ3n) is 5.26. The number of aliphatic imine (C=N–C) groups is 1. The van der Waals surface area contributed by atoms with Gasteiger partial charge >= 0.3 is 0 Å². The molecule has 4 rings (SSSR count). The first-order chi connectivity index (χ1) is 14.7. The van der Waals surface area contributed by atoms with E-state index < -0.39 is 0 Å². The fraction of sp³-hybridized carbons (Fsp3) is 0.333. The number of amides is 1. The van der Waals surface area contributed by atoms with Crippen LogP contribution in [0.25, 0.3) is 6.08 Å². The minimum absolute atomic E-state index is 0.00871. The number of hydrogen-bond acceptors (Lipinski definition) is 5. The van der Waals surface area contributed by atoms with Gasteiger partial charge in [-0.25, -0.2) is 4.99 Å². The first kappa shape index (κ1) is 20.7. The molecule has 5 nitrogen and oxygen atoms in total. The second kappa shape index (κ2) is 9.96. The van der Waals surface area contributed by atoms with Crippen molar-refractivity contribution in [3.05, 3.63) is 65.1 Å². The molecule has 0 bridgehead atoms. The maximum atomic E-state index is 13.1. The molecule has 1 amide bonds. The Morgan fingerprint density at radius 2 is 1.80 bits per heavy atom. The van der Waals surface area contributed by atoms with Crippen LogP contribution in [0.1, 0.15) is 24.8 Å². The van der Waals surface area contributed by atoms with Gasteiger partial charge in [-0.3, -0.25) is 9.69 Å². The third kappa shape index (κ3) is 4.94. The molecule has 2 fully saturated rings. The SMILES string of the molecule is COCCCN1C(=O)C(=Cc2ccc(N3CCCC3)cc2)SC1=Nc1ccccc1. The summed E-state index contributed by atoms with van der Waals surface area (Å²) < 4.78 is 5.16. The van der Waals surface area contributed by atoms with Gasteiger partial charge < -0.3 is 9.64 Å². The van der Waals surface area contributed by atoms with Gasteiger partial charge in [0.25, 0.3) is 5.91 Å². The summed E-state index contributed by atoms with van der Waals surface area (Å²) in [5.74, 6) is 0.00871. The average molecular weight is 422 g/mol. The summed E-state index contributed by atoms with van der Waals surface area (Å²) in [6, 6.07) is 18.3. The Kier molecular flexibility index (Phi) is 6.87. The third-order valence-corrected chi connectivity index (χ3v) is 6.27. The van der Waals surface area contributed by atoms with E-state index in [1.165, 1.54) is 30.3 Å². The molecule has 6 heteroatoms. The standard InChI is InChI=1S/C24H27N3O2S/c1-29-17-7-16-27-23(28)22(30-24(27)25-20-8-3-2-4-9-20)18-19-10-12-21(13-11-19)26-14-5-6-15-26/h2-4,8-13,18H,5-7,14-17H2,1H3. The van der Waals surface area contributed by atoms with Crippen molar-refractivity contribution in [1.82, 2.24) is 4.90 Å². The Hall–Kier alpha value is -2.57. The van der Waals surface area contributed by atoms with Crippen molar-refractivity contribution < 1.29 is 9.53 Å². The van der Waals surface area contributed by atoms with E-state index in [0.29, 0.717) is 18.1 Å². The number of thioether (sulfide) groups is 1. The van der Waals surface area contributed by atoms with Crippen LogP contribution in [0.4, 0.5) is 11.4 Å². The molecule has 156 valence electrons. The lowest BCUT2D eigenvalue weighted by Gasteiger charge is -2.17. The molecule has 0 aliphatic carbocycles. The highest BCUT2D eigenvalue weighted by Crippen LogP contribution is 2.34. The molecule has 0 saturated carbocycles. The highest BCUT2D eigenvalue weighted by molar-refractivity contribution is 8.18. The van der Waals surface area contributed by atoms with Crippen LogP contribution in [0.5, 0.6) is 0 Å². The van der Waals surface area contributed by atoms with E-state index in [4.69, 9.17) is 9.73 Å². The molecule has 0 N–H and O–H groups in total. The van der Waals surface area contributed by atoms with Gasteiger partial charge in [0, 0.05) is 39.0 Å². The second-order valence-electron chi connectivity index (χ2n) is 7.43. The Labute approximate surface area is 182 Å². The van der Waals surface area contributed by atoms with Crippen LogP contribution in [0, 0.1) is 0 Å². The predicted molar refractivity (Wildman–Crippen MR) is 125 cm³/mol. The van der Waals surface area contributed by atoms with Crippen molar-refractivity contribution in [1.29, 1.82) is 0 Å². The largest absolute Gasteiger partial charge is 0.385 e. The summed E-state index contributed by atoms with van der Waals surface area (Å²) in [7, 11) is 1.68. The van der Waals surface area contributed by atoms with Crippen LogP contribution < -0.4 is 4.90 Å². The smallest absolute Gasteiger partial charge is 0.266 e. The molecule has 2 heterocycles. The fourth-order valence-electron chi connectivity index (χ4n) is 3.68. The van der Waals surface area contributed by atoms with Crippen LogP contribution in [0.3, 0.4) is 0 Å². The topological polar surface area (TPSA) is 45.1 Å². The van der Waals surface area contributed by atoms with Gasteiger partial charge in [0.2, 0.25) is 0 Å². The zero-order chi connectivity index (χ0) is 20.8.